The van der Waals surface area contributed by atoms with Crippen LogP contribution in [0.4, 0.5) is 21.5 Å². The first kappa shape index (κ1) is 22.0. The van der Waals surface area contributed by atoms with Crippen molar-refractivity contribution >= 4 is 27.1 Å². The van der Waals surface area contributed by atoms with E-state index >= 15 is 0 Å². The second kappa shape index (κ2) is 8.60. The van der Waals surface area contributed by atoms with Crippen LogP contribution in [0.25, 0.3) is 0 Å². The summed E-state index contributed by atoms with van der Waals surface area (Å²) in [5.74, 6) is -1.31. The second-order valence-electron chi connectivity index (χ2n) is 7.00. The van der Waals surface area contributed by atoms with E-state index in [-0.39, 0.29) is 17.1 Å². The first-order chi connectivity index (χ1) is 14.6. The number of rotatable bonds is 7. The van der Waals surface area contributed by atoms with Gasteiger partial charge in [-0.15, -0.1) is 0 Å². The van der Waals surface area contributed by atoms with Gasteiger partial charge in [0.2, 0.25) is 0 Å². The second-order valence-corrected chi connectivity index (χ2v) is 8.68. The zero-order valence-electron chi connectivity index (χ0n) is 16.7. The Morgan fingerprint density at radius 1 is 1.03 bits per heavy atom. The molecule has 162 valence electrons. The van der Waals surface area contributed by atoms with E-state index in [4.69, 9.17) is 0 Å². The third-order valence-corrected chi connectivity index (χ3v) is 5.96. The molecule has 0 amide bonds. The largest absolute Gasteiger partial charge is 0.505 e. The van der Waals surface area contributed by atoms with Crippen LogP contribution >= 0.6 is 0 Å². The van der Waals surface area contributed by atoms with Gasteiger partial charge in [-0.1, -0.05) is 23.8 Å². The topological polar surface area (TPSA) is 122 Å². The van der Waals surface area contributed by atoms with Crippen molar-refractivity contribution in [1.82, 2.24) is 0 Å². The molecule has 0 fully saturated rings. The van der Waals surface area contributed by atoms with Gasteiger partial charge in [0.25, 0.3) is 15.7 Å². The summed E-state index contributed by atoms with van der Waals surface area (Å²) < 4.78 is 41.4. The van der Waals surface area contributed by atoms with Gasteiger partial charge >= 0.3 is 0 Å². The molecule has 0 radical (unpaired) electrons. The van der Waals surface area contributed by atoms with Crippen molar-refractivity contribution in [3.8, 4) is 5.75 Å². The maximum atomic E-state index is 13.5. The lowest BCUT2D eigenvalue weighted by Gasteiger charge is -2.13. The van der Waals surface area contributed by atoms with Crippen molar-refractivity contribution in [1.29, 1.82) is 0 Å². The lowest BCUT2D eigenvalue weighted by molar-refractivity contribution is -0.384. The van der Waals surface area contributed by atoms with Crippen molar-refractivity contribution in [3.63, 3.8) is 0 Å². The lowest BCUT2D eigenvalue weighted by atomic mass is 10.1. The van der Waals surface area contributed by atoms with Crippen LogP contribution < -0.4 is 10.0 Å². The van der Waals surface area contributed by atoms with Gasteiger partial charge in [-0.3, -0.25) is 14.8 Å². The molecule has 3 aromatic rings. The average molecular weight is 445 g/mol. The van der Waals surface area contributed by atoms with Crippen LogP contribution in [0.2, 0.25) is 0 Å². The molecule has 0 aliphatic rings. The minimum absolute atomic E-state index is 0.0327. The van der Waals surface area contributed by atoms with Crippen LogP contribution in [0.15, 0.2) is 59.5 Å². The van der Waals surface area contributed by atoms with Crippen molar-refractivity contribution in [2.45, 2.75) is 25.3 Å². The summed E-state index contributed by atoms with van der Waals surface area (Å²) in [6.45, 7) is 3.67. The van der Waals surface area contributed by atoms with Crippen molar-refractivity contribution in [2.24, 2.45) is 0 Å². The average Bonchev–Trinajstić information content (AvgIpc) is 2.70. The first-order valence-corrected chi connectivity index (χ1v) is 10.6. The number of phenolic OH excluding ortho intramolecular Hbond substituents is 1. The number of aryl methyl sites for hydroxylation is 2. The number of phenols is 1. The van der Waals surface area contributed by atoms with E-state index in [1.165, 1.54) is 24.3 Å². The zero-order valence-corrected chi connectivity index (χ0v) is 17.5. The smallest absolute Gasteiger partial charge is 0.293 e. The van der Waals surface area contributed by atoms with Gasteiger partial charge in [0.05, 0.1) is 15.5 Å². The van der Waals surface area contributed by atoms with Gasteiger partial charge in [-0.2, -0.15) is 0 Å². The van der Waals surface area contributed by atoms with E-state index in [2.05, 4.69) is 10.0 Å². The van der Waals surface area contributed by atoms with E-state index in [9.17, 15) is 28.0 Å². The third-order valence-electron chi connectivity index (χ3n) is 4.60. The van der Waals surface area contributed by atoms with Crippen LogP contribution in [0, 0.1) is 29.8 Å². The SMILES string of the molecule is Cc1ccc(NS(=O)(=O)c2ccc(NCc3ccc(O)c(F)c3)c([N+](=O)[O-])c2)c(C)c1. The molecule has 8 nitrogen and oxygen atoms in total. The van der Waals surface area contributed by atoms with Crippen molar-refractivity contribution in [3.05, 3.63) is 87.2 Å². The number of benzene rings is 3. The third kappa shape index (κ3) is 5.10. The molecule has 0 aliphatic carbocycles. The monoisotopic (exact) mass is 445 g/mol. The molecule has 31 heavy (non-hydrogen) atoms. The molecule has 0 unspecified atom stereocenters. The molecule has 0 spiro atoms. The Morgan fingerprint density at radius 3 is 2.39 bits per heavy atom. The van der Waals surface area contributed by atoms with Gasteiger partial charge in [-0.05, 0) is 55.3 Å². The predicted molar refractivity (Wildman–Crippen MR) is 115 cm³/mol. The maximum Gasteiger partial charge on any atom is 0.293 e. The molecule has 0 aromatic heterocycles. The molecule has 3 aromatic carbocycles. The quantitative estimate of drug-likeness (QED) is 0.364. The van der Waals surface area contributed by atoms with Gasteiger partial charge < -0.3 is 10.4 Å². The zero-order chi connectivity index (χ0) is 22.8. The van der Waals surface area contributed by atoms with E-state index in [0.717, 1.165) is 23.3 Å². The van der Waals surface area contributed by atoms with E-state index in [1.807, 2.05) is 13.0 Å². The Balaban J connectivity index is 1.86. The molecule has 0 bridgehead atoms. The van der Waals surface area contributed by atoms with E-state index in [0.29, 0.717) is 11.3 Å². The van der Waals surface area contributed by atoms with Crippen LogP contribution in [0.3, 0.4) is 0 Å². The summed E-state index contributed by atoms with van der Waals surface area (Å²) in [6.07, 6.45) is 0. The number of halogens is 1. The maximum absolute atomic E-state index is 13.5. The molecule has 0 atom stereocenters. The highest BCUT2D eigenvalue weighted by Gasteiger charge is 2.22. The molecular weight excluding hydrogens is 425 g/mol. The molecule has 0 saturated heterocycles. The fraction of sp³-hybridized carbons (Fsp3) is 0.143. The van der Waals surface area contributed by atoms with Crippen molar-refractivity contribution < 1.29 is 22.8 Å². The van der Waals surface area contributed by atoms with E-state index in [1.54, 1.807) is 19.1 Å². The predicted octanol–water partition coefficient (Wildman–Crippen LogP) is 4.47. The summed E-state index contributed by atoms with van der Waals surface area (Å²) in [4.78, 5) is 10.6. The number of nitro groups is 1. The summed E-state index contributed by atoms with van der Waals surface area (Å²) in [6, 6.07) is 12.4. The normalized spacial score (nSPS) is 11.2. The number of sulfonamides is 1. The minimum Gasteiger partial charge on any atom is -0.505 e. The number of hydrogen-bond acceptors (Lipinski definition) is 6. The molecule has 3 rings (SSSR count). The highest BCUT2D eigenvalue weighted by atomic mass is 32.2. The van der Waals surface area contributed by atoms with Gasteiger partial charge in [0.1, 0.15) is 5.69 Å². The fourth-order valence-corrected chi connectivity index (χ4v) is 4.12. The van der Waals surface area contributed by atoms with Crippen LogP contribution in [0.1, 0.15) is 16.7 Å². The number of nitrogens with one attached hydrogen (secondary N) is 2. The highest BCUT2D eigenvalue weighted by molar-refractivity contribution is 7.92. The molecule has 3 N–H and O–H groups in total. The fourth-order valence-electron chi connectivity index (χ4n) is 2.97. The minimum atomic E-state index is -4.06. The Morgan fingerprint density at radius 2 is 1.74 bits per heavy atom. The molecule has 0 heterocycles. The molecule has 10 heteroatoms. The Kier molecular flexibility index (Phi) is 6.11. The van der Waals surface area contributed by atoms with Crippen LogP contribution in [-0.2, 0) is 16.6 Å². The number of nitrogens with zero attached hydrogens (tertiary/aromatic N) is 1. The molecule has 0 aliphatic heterocycles. The lowest BCUT2D eigenvalue weighted by Crippen LogP contribution is -2.14. The van der Waals surface area contributed by atoms with Crippen LogP contribution in [0.5, 0.6) is 5.75 Å². The van der Waals surface area contributed by atoms with Gasteiger partial charge in [0.15, 0.2) is 11.6 Å². The Hall–Kier alpha value is -3.66. The number of aromatic hydroxyl groups is 1. The number of hydrogen-bond donors (Lipinski definition) is 3. The first-order valence-electron chi connectivity index (χ1n) is 9.16. The Bertz CT molecular complexity index is 1260. The summed E-state index contributed by atoms with van der Waals surface area (Å²) >= 11 is 0. The Labute approximate surface area is 178 Å². The molecule has 0 saturated carbocycles. The van der Waals surface area contributed by atoms with Gasteiger partial charge in [0, 0.05) is 12.6 Å². The van der Waals surface area contributed by atoms with Crippen molar-refractivity contribution in [2.75, 3.05) is 10.0 Å². The standard InChI is InChI=1S/C21H20FN3O5S/c1-13-3-6-18(14(2)9-13)24-31(29,30)16-5-7-19(20(11-16)25(27)28)23-12-15-4-8-21(26)17(22)10-15/h3-11,23-24,26H,12H2,1-2H3. The number of nitro benzene ring substituents is 1. The highest BCUT2D eigenvalue weighted by Crippen LogP contribution is 2.30. The van der Waals surface area contributed by atoms with E-state index < -0.39 is 32.2 Å². The summed E-state index contributed by atoms with van der Waals surface area (Å²) in [7, 11) is -4.06. The van der Waals surface area contributed by atoms with Crippen LogP contribution in [-0.4, -0.2) is 18.4 Å². The van der Waals surface area contributed by atoms with Gasteiger partial charge in [-0.25, -0.2) is 12.8 Å². The molecular formula is C21H20FN3O5S. The summed E-state index contributed by atoms with van der Waals surface area (Å²) in [5.41, 5.74) is 2.15. The number of anilines is 2. The summed E-state index contributed by atoms with van der Waals surface area (Å²) in [5, 5.41) is 23.6.